The fourth-order valence-electron chi connectivity index (χ4n) is 4.41. The monoisotopic (exact) mass is 284 g/mol. The Bertz CT molecular complexity index is 602. The molecule has 4 atom stereocenters. The summed E-state index contributed by atoms with van der Waals surface area (Å²) in [6, 6.07) is 11.6. The van der Waals surface area contributed by atoms with Gasteiger partial charge in [-0.25, -0.2) is 0 Å². The van der Waals surface area contributed by atoms with Gasteiger partial charge in [-0.3, -0.25) is 4.90 Å². The van der Waals surface area contributed by atoms with Gasteiger partial charge in [-0.15, -0.1) is 0 Å². The zero-order chi connectivity index (χ0) is 14.4. The number of nitrogens with one attached hydrogen (secondary N) is 1. The largest absolute Gasteiger partial charge is 0.459 e. The van der Waals surface area contributed by atoms with Crippen LogP contribution in [0.5, 0.6) is 0 Å². The Morgan fingerprint density at radius 3 is 3.00 bits per heavy atom. The summed E-state index contributed by atoms with van der Waals surface area (Å²) in [5.74, 6) is 2.76. The van der Waals surface area contributed by atoms with E-state index in [-0.39, 0.29) is 0 Å². The van der Waals surface area contributed by atoms with Crippen LogP contribution in [0.4, 0.5) is 0 Å². The molecule has 0 saturated carbocycles. The summed E-state index contributed by atoms with van der Waals surface area (Å²) < 4.78 is 6.10. The molecular formula is C18H24N2O. The number of hydrogen-bond acceptors (Lipinski definition) is 3. The third kappa shape index (κ3) is 2.11. The van der Waals surface area contributed by atoms with E-state index < -0.39 is 0 Å². The molecule has 2 aromatic rings. The Labute approximate surface area is 126 Å². The number of rotatable bonds is 3. The van der Waals surface area contributed by atoms with Crippen LogP contribution in [0.25, 0.3) is 11.0 Å². The van der Waals surface area contributed by atoms with Gasteiger partial charge < -0.3 is 9.73 Å². The molecule has 0 aliphatic carbocycles. The Hall–Kier alpha value is -1.32. The number of fused-ring (bicyclic) bond motifs is 2. The molecule has 1 N–H and O–H groups in total. The van der Waals surface area contributed by atoms with E-state index in [4.69, 9.17) is 4.42 Å². The van der Waals surface area contributed by atoms with Crippen LogP contribution in [0.15, 0.2) is 34.7 Å². The summed E-state index contributed by atoms with van der Waals surface area (Å²) in [6.07, 6.45) is 1.23. The van der Waals surface area contributed by atoms with Crippen molar-refractivity contribution in [2.75, 3.05) is 19.6 Å². The highest BCUT2D eigenvalue weighted by atomic mass is 16.3. The molecule has 3 nitrogen and oxygen atoms in total. The lowest BCUT2D eigenvalue weighted by molar-refractivity contribution is 0.150. The summed E-state index contributed by atoms with van der Waals surface area (Å²) in [5.41, 5.74) is 1.01. The number of furan rings is 1. The van der Waals surface area contributed by atoms with E-state index in [1.807, 2.05) is 6.07 Å². The first-order chi connectivity index (χ1) is 10.3. The fraction of sp³-hybridized carbons (Fsp3) is 0.556. The smallest absolute Gasteiger partial charge is 0.134 e. The van der Waals surface area contributed by atoms with Crippen molar-refractivity contribution >= 4 is 11.0 Å². The SMILES string of the molecule is CCC1C2CNCC2CN1C(C)c1cc2ccccc2o1. The zero-order valence-corrected chi connectivity index (χ0v) is 12.9. The van der Waals surface area contributed by atoms with Crippen LogP contribution in [0.1, 0.15) is 32.1 Å². The van der Waals surface area contributed by atoms with Crippen LogP contribution < -0.4 is 5.32 Å². The summed E-state index contributed by atoms with van der Waals surface area (Å²) in [5, 5.41) is 4.78. The fourth-order valence-corrected chi connectivity index (χ4v) is 4.41. The number of para-hydroxylation sites is 1. The molecule has 0 amide bonds. The van der Waals surface area contributed by atoms with Gasteiger partial charge in [-0.05, 0) is 50.4 Å². The van der Waals surface area contributed by atoms with Gasteiger partial charge in [0, 0.05) is 18.0 Å². The van der Waals surface area contributed by atoms with Crippen LogP contribution in [-0.2, 0) is 0 Å². The number of hydrogen-bond donors (Lipinski definition) is 1. The van der Waals surface area contributed by atoms with E-state index in [2.05, 4.69) is 48.3 Å². The first-order valence-corrected chi connectivity index (χ1v) is 8.23. The van der Waals surface area contributed by atoms with E-state index in [1.54, 1.807) is 0 Å². The second-order valence-corrected chi connectivity index (χ2v) is 6.62. The van der Waals surface area contributed by atoms with Crippen LogP contribution in [0.3, 0.4) is 0 Å². The predicted molar refractivity (Wildman–Crippen MR) is 85.3 cm³/mol. The highest BCUT2D eigenvalue weighted by Gasteiger charge is 2.45. The molecule has 112 valence electrons. The maximum atomic E-state index is 6.10. The molecule has 0 radical (unpaired) electrons. The topological polar surface area (TPSA) is 28.4 Å². The molecule has 4 unspecified atom stereocenters. The van der Waals surface area contributed by atoms with Gasteiger partial charge >= 0.3 is 0 Å². The third-order valence-electron chi connectivity index (χ3n) is 5.53. The minimum atomic E-state index is 0.368. The van der Waals surface area contributed by atoms with Gasteiger partial charge in [0.1, 0.15) is 11.3 Å². The molecule has 3 heteroatoms. The molecule has 4 rings (SSSR count). The lowest BCUT2D eigenvalue weighted by Crippen LogP contribution is -2.36. The molecule has 21 heavy (non-hydrogen) atoms. The quantitative estimate of drug-likeness (QED) is 0.936. The molecule has 3 heterocycles. The van der Waals surface area contributed by atoms with Crippen molar-refractivity contribution in [3.63, 3.8) is 0 Å². The van der Waals surface area contributed by atoms with Crippen molar-refractivity contribution in [1.82, 2.24) is 10.2 Å². The van der Waals surface area contributed by atoms with Gasteiger partial charge in [0.25, 0.3) is 0 Å². The lowest BCUT2D eigenvalue weighted by Gasteiger charge is -2.31. The van der Waals surface area contributed by atoms with Crippen LogP contribution in [0, 0.1) is 11.8 Å². The number of likely N-dealkylation sites (tertiary alicyclic amines) is 1. The van der Waals surface area contributed by atoms with Crippen molar-refractivity contribution in [2.24, 2.45) is 11.8 Å². The van der Waals surface area contributed by atoms with Gasteiger partial charge in [0.2, 0.25) is 0 Å². The number of benzene rings is 1. The average Bonchev–Trinajstić information content (AvgIpc) is 3.19. The highest BCUT2D eigenvalue weighted by molar-refractivity contribution is 5.77. The first-order valence-electron chi connectivity index (χ1n) is 8.23. The molecule has 0 bridgehead atoms. The zero-order valence-electron chi connectivity index (χ0n) is 12.9. The maximum Gasteiger partial charge on any atom is 0.134 e. The third-order valence-corrected chi connectivity index (χ3v) is 5.53. The van der Waals surface area contributed by atoms with Gasteiger partial charge in [-0.2, -0.15) is 0 Å². The molecule has 2 aliphatic heterocycles. The first kappa shape index (κ1) is 13.4. The number of nitrogens with zero attached hydrogens (tertiary/aromatic N) is 1. The molecule has 2 aliphatic rings. The molecule has 1 aromatic heterocycles. The minimum absolute atomic E-state index is 0.368. The highest BCUT2D eigenvalue weighted by Crippen LogP contribution is 2.40. The van der Waals surface area contributed by atoms with Crippen molar-refractivity contribution < 1.29 is 4.42 Å². The van der Waals surface area contributed by atoms with Crippen molar-refractivity contribution in [1.29, 1.82) is 0 Å². The van der Waals surface area contributed by atoms with Crippen LogP contribution in [-0.4, -0.2) is 30.6 Å². The van der Waals surface area contributed by atoms with Crippen LogP contribution >= 0.6 is 0 Å². The average molecular weight is 284 g/mol. The van der Waals surface area contributed by atoms with E-state index in [0.717, 1.165) is 23.2 Å². The van der Waals surface area contributed by atoms with Crippen molar-refractivity contribution in [3.8, 4) is 0 Å². The maximum absolute atomic E-state index is 6.10. The summed E-state index contributed by atoms with van der Waals surface area (Å²) in [7, 11) is 0. The molecule has 2 fully saturated rings. The van der Waals surface area contributed by atoms with Crippen LogP contribution in [0.2, 0.25) is 0 Å². The predicted octanol–water partition coefficient (Wildman–Crippen LogP) is 3.42. The molecular weight excluding hydrogens is 260 g/mol. The van der Waals surface area contributed by atoms with E-state index in [0.29, 0.717) is 12.1 Å². The van der Waals surface area contributed by atoms with E-state index in [1.165, 1.54) is 31.4 Å². The Balaban J connectivity index is 1.63. The van der Waals surface area contributed by atoms with Crippen molar-refractivity contribution in [3.05, 3.63) is 36.1 Å². The molecule has 0 spiro atoms. The summed E-state index contributed by atoms with van der Waals surface area (Å²) >= 11 is 0. The standard InChI is InChI=1S/C18H24N2O/c1-3-16-15-10-19-9-14(15)11-20(16)12(2)18-8-13-6-4-5-7-17(13)21-18/h4-8,12,14-16,19H,3,9-11H2,1-2H3. The Morgan fingerprint density at radius 2 is 2.19 bits per heavy atom. The minimum Gasteiger partial charge on any atom is -0.459 e. The normalized spacial score (nSPS) is 30.9. The summed E-state index contributed by atoms with van der Waals surface area (Å²) in [4.78, 5) is 2.67. The summed E-state index contributed by atoms with van der Waals surface area (Å²) in [6.45, 7) is 8.20. The van der Waals surface area contributed by atoms with Gasteiger partial charge in [0.15, 0.2) is 0 Å². The molecule has 1 aromatic carbocycles. The Morgan fingerprint density at radius 1 is 1.33 bits per heavy atom. The van der Waals surface area contributed by atoms with E-state index >= 15 is 0 Å². The van der Waals surface area contributed by atoms with Crippen molar-refractivity contribution in [2.45, 2.75) is 32.4 Å². The van der Waals surface area contributed by atoms with Gasteiger partial charge in [-0.1, -0.05) is 25.1 Å². The second kappa shape index (κ2) is 5.15. The lowest BCUT2D eigenvalue weighted by atomic mass is 9.92. The van der Waals surface area contributed by atoms with E-state index in [9.17, 15) is 0 Å². The Kier molecular flexibility index (Phi) is 3.27. The molecule has 2 saturated heterocycles. The second-order valence-electron chi connectivity index (χ2n) is 6.62. The van der Waals surface area contributed by atoms with Gasteiger partial charge in [0.05, 0.1) is 6.04 Å².